The number of piperazine rings is 1. The molecule has 0 N–H and O–H groups in total. The molecule has 1 amide bonds. The number of benzene rings is 2. The molecule has 0 spiro atoms. The minimum absolute atomic E-state index is 0.00859. The molecule has 1 saturated heterocycles. The van der Waals surface area contributed by atoms with Gasteiger partial charge in [0.15, 0.2) is 0 Å². The number of fused-ring (bicyclic) bond motifs is 1. The van der Waals surface area contributed by atoms with Crippen molar-refractivity contribution in [3.05, 3.63) is 70.9 Å². The molecule has 0 saturated carbocycles. The average molecular weight is 478 g/mol. The maximum absolute atomic E-state index is 13.3. The van der Waals surface area contributed by atoms with Gasteiger partial charge in [-0.25, -0.2) is 8.42 Å². The standard InChI is InChI=1S/C23H22F3N3O3S/c1-15-6-7-21-19(12-15)20(13-16(2)27-21)22(30)28-8-10-29(11-9-28)33(31,32)18-5-3-4-17(14-18)23(24,25)26/h3-7,12-14H,8-11H2,1-2H3. The summed E-state index contributed by atoms with van der Waals surface area (Å²) < 4.78 is 66.0. The van der Waals surface area contributed by atoms with Crippen LogP contribution in [-0.4, -0.2) is 54.7 Å². The van der Waals surface area contributed by atoms with Crippen LogP contribution >= 0.6 is 0 Å². The van der Waals surface area contributed by atoms with Crippen LogP contribution in [0.15, 0.2) is 53.4 Å². The molecular formula is C23H22F3N3O3S. The molecule has 2 heterocycles. The third-order valence-corrected chi connectivity index (χ3v) is 7.54. The molecule has 1 aromatic heterocycles. The normalized spacial score (nSPS) is 15.7. The monoisotopic (exact) mass is 477 g/mol. The molecule has 0 unspecified atom stereocenters. The maximum Gasteiger partial charge on any atom is 0.416 e. The van der Waals surface area contributed by atoms with E-state index in [-0.39, 0.29) is 32.1 Å². The van der Waals surface area contributed by atoms with Crippen LogP contribution in [0.2, 0.25) is 0 Å². The highest BCUT2D eigenvalue weighted by Gasteiger charge is 2.34. The average Bonchev–Trinajstić information content (AvgIpc) is 2.78. The van der Waals surface area contributed by atoms with Crippen molar-refractivity contribution in [2.24, 2.45) is 0 Å². The highest BCUT2D eigenvalue weighted by Crippen LogP contribution is 2.31. The fraction of sp³-hybridized carbons (Fsp3) is 0.304. The Morgan fingerprint density at radius 1 is 0.970 bits per heavy atom. The fourth-order valence-electron chi connectivity index (χ4n) is 3.93. The maximum atomic E-state index is 13.3. The third kappa shape index (κ3) is 4.58. The summed E-state index contributed by atoms with van der Waals surface area (Å²) in [6.45, 7) is 3.97. The van der Waals surface area contributed by atoms with E-state index in [4.69, 9.17) is 0 Å². The van der Waals surface area contributed by atoms with E-state index in [1.165, 1.54) is 0 Å². The molecule has 1 aliphatic heterocycles. The van der Waals surface area contributed by atoms with Crippen molar-refractivity contribution < 1.29 is 26.4 Å². The molecule has 0 bridgehead atoms. The van der Waals surface area contributed by atoms with Gasteiger partial charge in [-0.2, -0.15) is 17.5 Å². The summed E-state index contributed by atoms with van der Waals surface area (Å²) in [5.74, 6) is -0.229. The lowest BCUT2D eigenvalue weighted by molar-refractivity contribution is -0.137. The first-order valence-electron chi connectivity index (χ1n) is 10.3. The molecule has 0 atom stereocenters. The third-order valence-electron chi connectivity index (χ3n) is 5.65. The molecule has 4 rings (SSSR count). The number of aryl methyl sites for hydroxylation is 2. The quantitative estimate of drug-likeness (QED) is 0.572. The summed E-state index contributed by atoms with van der Waals surface area (Å²) in [7, 11) is -4.12. The van der Waals surface area contributed by atoms with Gasteiger partial charge < -0.3 is 4.90 Å². The van der Waals surface area contributed by atoms with Gasteiger partial charge in [0.1, 0.15) is 0 Å². The predicted molar refractivity (Wildman–Crippen MR) is 117 cm³/mol. The Labute approximate surface area is 189 Å². The van der Waals surface area contributed by atoms with Gasteiger partial charge in [-0.05, 0) is 50.2 Å². The summed E-state index contributed by atoms with van der Waals surface area (Å²) in [4.78, 5) is 18.9. The van der Waals surface area contributed by atoms with Gasteiger partial charge >= 0.3 is 6.18 Å². The van der Waals surface area contributed by atoms with Gasteiger partial charge in [0.2, 0.25) is 10.0 Å². The Bertz CT molecular complexity index is 1330. The van der Waals surface area contributed by atoms with E-state index >= 15 is 0 Å². The van der Waals surface area contributed by atoms with Crippen molar-refractivity contribution in [1.82, 2.24) is 14.2 Å². The zero-order valence-corrected chi connectivity index (χ0v) is 18.9. The molecule has 10 heteroatoms. The van der Waals surface area contributed by atoms with Gasteiger partial charge in [-0.3, -0.25) is 9.78 Å². The first-order valence-corrected chi connectivity index (χ1v) is 11.8. The van der Waals surface area contributed by atoms with E-state index in [0.717, 1.165) is 33.5 Å². The van der Waals surface area contributed by atoms with E-state index in [9.17, 15) is 26.4 Å². The number of alkyl halides is 3. The summed E-state index contributed by atoms with van der Waals surface area (Å²) in [5.41, 5.74) is 1.86. The Kier molecular flexibility index (Phi) is 5.92. The van der Waals surface area contributed by atoms with E-state index in [1.807, 2.05) is 25.1 Å². The number of sulfonamides is 1. The van der Waals surface area contributed by atoms with E-state index in [2.05, 4.69) is 4.98 Å². The lowest BCUT2D eigenvalue weighted by Gasteiger charge is -2.34. The molecule has 2 aromatic carbocycles. The van der Waals surface area contributed by atoms with Crippen LogP contribution in [0.1, 0.15) is 27.2 Å². The Balaban J connectivity index is 1.54. The molecular weight excluding hydrogens is 455 g/mol. The van der Waals surface area contributed by atoms with Crippen molar-refractivity contribution in [1.29, 1.82) is 0 Å². The van der Waals surface area contributed by atoms with Gasteiger partial charge in [-0.1, -0.05) is 17.7 Å². The van der Waals surface area contributed by atoms with Crippen molar-refractivity contribution in [2.45, 2.75) is 24.9 Å². The molecule has 0 radical (unpaired) electrons. The number of aromatic nitrogens is 1. The van der Waals surface area contributed by atoms with Gasteiger partial charge in [0.25, 0.3) is 5.91 Å². The summed E-state index contributed by atoms with van der Waals surface area (Å²) in [5, 5.41) is 0.726. The van der Waals surface area contributed by atoms with Crippen LogP contribution in [0.3, 0.4) is 0 Å². The largest absolute Gasteiger partial charge is 0.416 e. The second-order valence-corrected chi connectivity index (χ2v) is 9.99. The number of carbonyl (C=O) groups excluding carboxylic acids is 1. The van der Waals surface area contributed by atoms with Crippen LogP contribution in [0, 0.1) is 13.8 Å². The number of halogens is 3. The number of hydrogen-bond acceptors (Lipinski definition) is 4. The summed E-state index contributed by atoms with van der Waals surface area (Å²) in [6.07, 6.45) is -4.64. The first-order chi connectivity index (χ1) is 15.5. The Hall–Kier alpha value is -2.98. The Morgan fingerprint density at radius 3 is 2.33 bits per heavy atom. The minimum Gasteiger partial charge on any atom is -0.336 e. The number of hydrogen-bond donors (Lipinski definition) is 0. The number of carbonyl (C=O) groups is 1. The summed E-state index contributed by atoms with van der Waals surface area (Å²) in [6, 6.07) is 11.1. The van der Waals surface area contributed by atoms with Crippen LogP contribution in [0.25, 0.3) is 10.9 Å². The fourth-order valence-corrected chi connectivity index (χ4v) is 5.40. The molecule has 33 heavy (non-hydrogen) atoms. The minimum atomic E-state index is -4.64. The molecule has 174 valence electrons. The zero-order valence-electron chi connectivity index (χ0n) is 18.1. The molecule has 1 fully saturated rings. The molecule has 0 aliphatic carbocycles. The predicted octanol–water partition coefficient (Wildman–Crippen LogP) is 4.02. The second kappa shape index (κ2) is 8.42. The molecule has 6 nitrogen and oxygen atoms in total. The van der Waals surface area contributed by atoms with Gasteiger partial charge in [0.05, 0.1) is 21.5 Å². The van der Waals surface area contributed by atoms with Crippen molar-refractivity contribution in [2.75, 3.05) is 26.2 Å². The van der Waals surface area contributed by atoms with Gasteiger partial charge in [-0.15, -0.1) is 0 Å². The first kappa shape index (κ1) is 23.2. The topological polar surface area (TPSA) is 70.6 Å². The highest BCUT2D eigenvalue weighted by atomic mass is 32.2. The molecule has 1 aliphatic rings. The van der Waals surface area contributed by atoms with Crippen LogP contribution in [0.4, 0.5) is 13.2 Å². The highest BCUT2D eigenvalue weighted by molar-refractivity contribution is 7.89. The van der Waals surface area contributed by atoms with E-state index in [1.54, 1.807) is 17.9 Å². The van der Waals surface area contributed by atoms with E-state index < -0.39 is 26.7 Å². The smallest absolute Gasteiger partial charge is 0.336 e. The van der Waals surface area contributed by atoms with Crippen LogP contribution in [0.5, 0.6) is 0 Å². The number of amides is 1. The number of nitrogens with zero attached hydrogens (tertiary/aromatic N) is 3. The lowest BCUT2D eigenvalue weighted by Crippen LogP contribution is -2.50. The summed E-state index contributed by atoms with van der Waals surface area (Å²) >= 11 is 0. The molecule has 3 aromatic rings. The number of pyridine rings is 1. The lowest BCUT2D eigenvalue weighted by atomic mass is 10.0. The SMILES string of the molecule is Cc1ccc2nc(C)cc(C(=O)N3CCN(S(=O)(=O)c4cccc(C(F)(F)F)c4)CC3)c2c1. The van der Waals surface area contributed by atoms with E-state index in [0.29, 0.717) is 22.8 Å². The van der Waals surface area contributed by atoms with Crippen molar-refractivity contribution in [3.63, 3.8) is 0 Å². The van der Waals surface area contributed by atoms with Gasteiger partial charge in [0, 0.05) is 37.3 Å². The number of rotatable bonds is 3. The second-order valence-electron chi connectivity index (χ2n) is 8.05. The van der Waals surface area contributed by atoms with Crippen LogP contribution in [-0.2, 0) is 16.2 Å². The Morgan fingerprint density at radius 2 is 1.67 bits per heavy atom. The zero-order chi connectivity index (χ0) is 24.0. The van der Waals surface area contributed by atoms with Crippen molar-refractivity contribution >= 4 is 26.8 Å². The van der Waals surface area contributed by atoms with Crippen molar-refractivity contribution in [3.8, 4) is 0 Å². The van der Waals surface area contributed by atoms with Crippen LogP contribution < -0.4 is 0 Å².